The summed E-state index contributed by atoms with van der Waals surface area (Å²) in [5, 5.41) is 11.7. The second-order valence-electron chi connectivity index (χ2n) is 11.9. The van der Waals surface area contributed by atoms with Crippen LogP contribution in [-0.4, -0.2) is 100 Å². The largest absolute Gasteiger partial charge is 0.417 e. The third kappa shape index (κ3) is 8.36. The Hall–Kier alpha value is -4.73. The molecule has 13 nitrogen and oxygen atoms in total. The van der Waals surface area contributed by atoms with E-state index in [-0.39, 0.29) is 35.6 Å². The van der Waals surface area contributed by atoms with E-state index >= 15 is 0 Å². The van der Waals surface area contributed by atoms with E-state index in [4.69, 9.17) is 0 Å². The minimum atomic E-state index is -4.76. The molecule has 16 heteroatoms. The highest BCUT2D eigenvalue weighted by Gasteiger charge is 2.36. The van der Waals surface area contributed by atoms with Gasteiger partial charge < -0.3 is 20.4 Å². The number of fused-ring (bicyclic) bond motifs is 1. The van der Waals surface area contributed by atoms with Crippen LogP contribution in [0.25, 0.3) is 16.9 Å². The molecule has 0 aliphatic carbocycles. The van der Waals surface area contributed by atoms with Gasteiger partial charge >= 0.3 is 12.2 Å². The van der Waals surface area contributed by atoms with Gasteiger partial charge in [0.05, 0.1) is 17.7 Å². The summed E-state index contributed by atoms with van der Waals surface area (Å²) in [7, 11) is 1.35. The molecule has 252 valence electrons. The number of alkyl halides is 3. The number of hydrogen-bond donors (Lipinski definition) is 3. The van der Waals surface area contributed by atoms with Crippen molar-refractivity contribution in [2.45, 2.75) is 45.8 Å². The lowest BCUT2D eigenvalue weighted by Crippen LogP contribution is -2.50. The Morgan fingerprint density at radius 1 is 1.00 bits per heavy atom. The van der Waals surface area contributed by atoms with Crippen LogP contribution in [-0.2, 0) is 22.3 Å². The van der Waals surface area contributed by atoms with Crippen molar-refractivity contribution >= 4 is 35.0 Å². The molecule has 3 aromatic rings. The molecular formula is C31H39F3N10O3. The van der Waals surface area contributed by atoms with Crippen LogP contribution in [0.3, 0.4) is 0 Å². The maximum Gasteiger partial charge on any atom is 0.417 e. The number of amides is 4. The summed E-state index contributed by atoms with van der Waals surface area (Å²) >= 11 is 0. The molecule has 0 spiro atoms. The first-order valence-corrected chi connectivity index (χ1v) is 15.5. The molecule has 4 amide bonds. The van der Waals surface area contributed by atoms with Crippen molar-refractivity contribution in [2.75, 3.05) is 63.1 Å². The van der Waals surface area contributed by atoms with Gasteiger partial charge in [-0.2, -0.15) is 13.2 Å². The first-order valence-electron chi connectivity index (χ1n) is 15.5. The molecule has 0 atom stereocenters. The van der Waals surface area contributed by atoms with Crippen molar-refractivity contribution in [1.82, 2.24) is 40.0 Å². The Bertz CT molecular complexity index is 1650. The maximum absolute atomic E-state index is 14.3. The van der Waals surface area contributed by atoms with E-state index in [2.05, 4.69) is 40.8 Å². The van der Waals surface area contributed by atoms with Gasteiger partial charge in [-0.05, 0) is 50.8 Å². The monoisotopic (exact) mass is 656 g/mol. The highest BCUT2D eigenvalue weighted by Crippen LogP contribution is 2.38. The number of nitrogens with one attached hydrogen (secondary N) is 3. The topological polar surface area (TPSA) is 140 Å². The second-order valence-corrected chi connectivity index (χ2v) is 11.9. The average molecular weight is 657 g/mol. The minimum absolute atomic E-state index is 0.0628. The van der Waals surface area contributed by atoms with Crippen molar-refractivity contribution in [2.24, 2.45) is 0 Å². The number of hydrogen-bond acceptors (Lipinski definition) is 8. The van der Waals surface area contributed by atoms with E-state index < -0.39 is 17.8 Å². The summed E-state index contributed by atoms with van der Waals surface area (Å²) < 4.78 is 44.4. The van der Waals surface area contributed by atoms with Gasteiger partial charge in [0.25, 0.3) is 0 Å². The van der Waals surface area contributed by atoms with Crippen LogP contribution in [0.5, 0.6) is 0 Å². The fourth-order valence-electron chi connectivity index (χ4n) is 5.69. The fraction of sp³-hybridized carbons (Fsp3) is 0.484. The van der Waals surface area contributed by atoms with Crippen LogP contribution in [0, 0.1) is 0 Å². The summed E-state index contributed by atoms with van der Waals surface area (Å²) in [6, 6.07) is 2.05. The summed E-state index contributed by atoms with van der Waals surface area (Å²) in [5.74, 6) is -0.276. The highest BCUT2D eigenvalue weighted by molar-refractivity contribution is 5.91. The number of halogens is 3. The molecule has 3 aromatic heterocycles. The zero-order valence-electron chi connectivity index (χ0n) is 26.7. The molecule has 5 rings (SSSR count). The van der Waals surface area contributed by atoms with Crippen LogP contribution in [0.4, 0.5) is 29.6 Å². The fourth-order valence-corrected chi connectivity index (χ4v) is 5.69. The Kier molecular flexibility index (Phi) is 10.3. The third-order valence-corrected chi connectivity index (χ3v) is 8.04. The van der Waals surface area contributed by atoms with Gasteiger partial charge in [0.15, 0.2) is 11.6 Å². The van der Waals surface area contributed by atoms with E-state index in [0.717, 1.165) is 55.8 Å². The molecule has 5 heterocycles. The summed E-state index contributed by atoms with van der Waals surface area (Å²) in [5.41, 5.74) is 1.13. The van der Waals surface area contributed by atoms with Gasteiger partial charge in [-0.1, -0.05) is 5.57 Å². The zero-order valence-corrected chi connectivity index (χ0v) is 26.7. The van der Waals surface area contributed by atoms with Crippen molar-refractivity contribution < 1.29 is 27.6 Å². The normalized spacial score (nSPS) is 15.8. The van der Waals surface area contributed by atoms with Gasteiger partial charge in [0.2, 0.25) is 11.8 Å². The molecule has 2 aliphatic rings. The van der Waals surface area contributed by atoms with Gasteiger partial charge in [0.1, 0.15) is 11.3 Å². The average Bonchev–Trinajstić information content (AvgIpc) is 3.45. The molecule has 0 saturated carbocycles. The van der Waals surface area contributed by atoms with Crippen molar-refractivity contribution in [3.63, 3.8) is 0 Å². The number of urea groups is 1. The van der Waals surface area contributed by atoms with E-state index in [1.54, 1.807) is 15.6 Å². The number of piperazine rings is 1. The molecule has 2 aliphatic heterocycles. The predicted molar refractivity (Wildman–Crippen MR) is 170 cm³/mol. The van der Waals surface area contributed by atoms with Gasteiger partial charge in [-0.3, -0.25) is 19.8 Å². The first-order chi connectivity index (χ1) is 22.4. The zero-order chi connectivity index (χ0) is 33.7. The number of aromatic nitrogens is 4. The summed E-state index contributed by atoms with van der Waals surface area (Å²) in [6.45, 7) is 7.79. The highest BCUT2D eigenvalue weighted by atomic mass is 19.4. The third-order valence-electron chi connectivity index (χ3n) is 8.04. The van der Waals surface area contributed by atoms with Gasteiger partial charge in [0, 0.05) is 71.3 Å². The van der Waals surface area contributed by atoms with Crippen LogP contribution < -0.4 is 20.9 Å². The molecule has 3 N–H and O–H groups in total. The molecule has 47 heavy (non-hydrogen) atoms. The Morgan fingerprint density at radius 3 is 2.38 bits per heavy atom. The number of anilines is 2. The van der Waals surface area contributed by atoms with Crippen LogP contribution >= 0.6 is 0 Å². The van der Waals surface area contributed by atoms with E-state index in [9.17, 15) is 27.6 Å². The van der Waals surface area contributed by atoms with Gasteiger partial charge in [-0.15, -0.1) is 5.10 Å². The number of carbonyl (C=O) groups is 3. The van der Waals surface area contributed by atoms with Gasteiger partial charge in [-0.25, -0.2) is 19.3 Å². The first kappa shape index (κ1) is 33.6. The van der Waals surface area contributed by atoms with E-state index in [1.165, 1.54) is 13.1 Å². The van der Waals surface area contributed by atoms with Crippen molar-refractivity contribution in [3.8, 4) is 11.4 Å². The standard InChI is InChI=1S/C31H39F3N10O3/c1-20(2)13-26(45)37-17-27(46)42-11-9-41(10-12-42)18-21-14-24-29(43-7-5-4-6-8-43)39-28(40-44(24)19-21)22-16-36-25(38-30(47)35-3)15-23(22)31(32,33)34/h13-16,19H,4-12,17-18H2,1-3H3,(H,37,45)(H2,35,36,38,47). The van der Waals surface area contributed by atoms with E-state index in [1.807, 2.05) is 19.9 Å². The molecule has 0 radical (unpaired) electrons. The number of rotatable bonds is 8. The van der Waals surface area contributed by atoms with Crippen LogP contribution in [0.15, 0.2) is 36.2 Å². The number of piperidine rings is 1. The number of carbonyl (C=O) groups excluding carboxylic acids is 3. The van der Waals surface area contributed by atoms with Crippen LogP contribution in [0.1, 0.15) is 44.2 Å². The molecule has 0 aromatic carbocycles. The van der Waals surface area contributed by atoms with E-state index in [0.29, 0.717) is 44.1 Å². The lowest BCUT2D eigenvalue weighted by atomic mass is 10.1. The molecule has 0 unspecified atom stereocenters. The number of nitrogens with zero attached hydrogens (tertiary/aromatic N) is 7. The molecule has 2 fully saturated rings. The SMILES string of the molecule is CNC(=O)Nc1cc(C(F)(F)F)c(-c2nc(N3CCCCC3)c3cc(CN4CCN(C(=O)CNC(=O)C=C(C)C)CC4)cn3n2)cn1. The quantitative estimate of drug-likeness (QED) is 0.314. The second kappa shape index (κ2) is 14.4. The Morgan fingerprint density at radius 2 is 1.72 bits per heavy atom. The number of pyridine rings is 1. The molecule has 0 bridgehead atoms. The van der Waals surface area contributed by atoms with Crippen molar-refractivity contribution in [1.29, 1.82) is 0 Å². The maximum atomic E-state index is 14.3. The summed E-state index contributed by atoms with van der Waals surface area (Å²) in [6.07, 6.45) is 2.47. The van der Waals surface area contributed by atoms with Crippen molar-refractivity contribution in [3.05, 3.63) is 47.3 Å². The minimum Gasteiger partial charge on any atom is -0.355 e. The molecular weight excluding hydrogens is 617 g/mol. The predicted octanol–water partition coefficient (Wildman–Crippen LogP) is 3.28. The Labute approximate surface area is 270 Å². The lowest BCUT2D eigenvalue weighted by Gasteiger charge is -2.34. The summed E-state index contributed by atoms with van der Waals surface area (Å²) in [4.78, 5) is 50.9. The van der Waals surface area contributed by atoms with Crippen LogP contribution in [0.2, 0.25) is 0 Å². The number of allylic oxidation sites excluding steroid dienone is 1. The smallest absolute Gasteiger partial charge is 0.355 e. The molecule has 2 saturated heterocycles. The Balaban J connectivity index is 1.38. The lowest BCUT2D eigenvalue weighted by molar-refractivity contribution is -0.137.